The third kappa shape index (κ3) is 1.96. The third-order valence-corrected chi connectivity index (χ3v) is 4.24. The van der Waals surface area contributed by atoms with Crippen molar-refractivity contribution in [2.45, 2.75) is 13.8 Å². The van der Waals surface area contributed by atoms with Gasteiger partial charge in [0.15, 0.2) is 0 Å². The highest BCUT2D eigenvalue weighted by Crippen LogP contribution is 2.29. The Morgan fingerprint density at radius 3 is 2.27 bits per heavy atom. The number of aryl methyl sites for hydroxylation is 2. The van der Waals surface area contributed by atoms with E-state index >= 15 is 0 Å². The minimum absolute atomic E-state index is 0.993. The average Bonchev–Trinajstić information content (AvgIpc) is 2.55. The van der Waals surface area contributed by atoms with E-state index in [4.69, 9.17) is 4.98 Å². The van der Waals surface area contributed by atoms with Crippen LogP contribution in [0.25, 0.3) is 33.1 Å². The Morgan fingerprint density at radius 1 is 0.773 bits per heavy atom. The lowest BCUT2D eigenvalue weighted by atomic mass is 10.0. The molecule has 0 spiro atoms. The summed E-state index contributed by atoms with van der Waals surface area (Å²) in [6, 6.07) is 18.7. The second-order valence-corrected chi connectivity index (χ2v) is 5.66. The van der Waals surface area contributed by atoms with Crippen LogP contribution in [-0.2, 0) is 0 Å². The maximum atomic E-state index is 4.83. The van der Waals surface area contributed by atoms with Gasteiger partial charge < -0.3 is 0 Å². The van der Waals surface area contributed by atoms with Gasteiger partial charge in [0, 0.05) is 22.5 Å². The molecule has 0 amide bonds. The average molecular weight is 284 g/mol. The van der Waals surface area contributed by atoms with Crippen molar-refractivity contribution in [3.63, 3.8) is 0 Å². The molecular weight excluding hydrogens is 268 g/mol. The summed E-state index contributed by atoms with van der Waals surface area (Å²) in [6.07, 6.45) is 1.94. The summed E-state index contributed by atoms with van der Waals surface area (Å²) >= 11 is 0. The van der Waals surface area contributed by atoms with E-state index in [0.29, 0.717) is 0 Å². The highest BCUT2D eigenvalue weighted by Gasteiger charge is 2.10. The highest BCUT2D eigenvalue weighted by molar-refractivity contribution is 5.90. The number of para-hydroxylation sites is 2. The molecule has 0 aliphatic carbocycles. The van der Waals surface area contributed by atoms with E-state index in [1.807, 2.05) is 24.4 Å². The van der Waals surface area contributed by atoms with Crippen LogP contribution in [-0.4, -0.2) is 9.97 Å². The molecule has 2 aromatic heterocycles. The molecule has 2 nitrogen and oxygen atoms in total. The molecule has 0 unspecified atom stereocenters. The topological polar surface area (TPSA) is 25.8 Å². The van der Waals surface area contributed by atoms with Crippen molar-refractivity contribution in [2.24, 2.45) is 0 Å². The first-order valence-corrected chi connectivity index (χ1v) is 7.45. The highest BCUT2D eigenvalue weighted by atomic mass is 14.7. The van der Waals surface area contributed by atoms with E-state index in [1.165, 1.54) is 21.9 Å². The van der Waals surface area contributed by atoms with Crippen LogP contribution in [0, 0.1) is 13.8 Å². The van der Waals surface area contributed by atoms with Crippen LogP contribution in [0.2, 0.25) is 0 Å². The monoisotopic (exact) mass is 284 g/mol. The van der Waals surface area contributed by atoms with Gasteiger partial charge in [0.2, 0.25) is 0 Å². The fraction of sp³-hybridized carbons (Fsp3) is 0.100. The zero-order valence-electron chi connectivity index (χ0n) is 12.7. The van der Waals surface area contributed by atoms with Gasteiger partial charge in [0.1, 0.15) is 0 Å². The summed E-state index contributed by atoms with van der Waals surface area (Å²) in [5.74, 6) is 0. The summed E-state index contributed by atoms with van der Waals surface area (Å²) in [4.78, 5) is 9.42. The molecule has 4 rings (SSSR count). The minimum Gasteiger partial charge on any atom is -0.256 e. The third-order valence-electron chi connectivity index (χ3n) is 4.24. The van der Waals surface area contributed by atoms with Gasteiger partial charge in [-0.3, -0.25) is 4.98 Å². The Labute approximate surface area is 129 Å². The van der Waals surface area contributed by atoms with Gasteiger partial charge in [0.25, 0.3) is 0 Å². The summed E-state index contributed by atoms with van der Waals surface area (Å²) < 4.78 is 0. The van der Waals surface area contributed by atoms with Crippen LogP contribution >= 0.6 is 0 Å². The maximum Gasteiger partial charge on any atom is 0.0730 e. The molecule has 4 aromatic rings. The molecule has 0 fully saturated rings. The Balaban J connectivity index is 2.01. The van der Waals surface area contributed by atoms with Crippen LogP contribution < -0.4 is 0 Å². The summed E-state index contributed by atoms with van der Waals surface area (Å²) in [5.41, 5.74) is 6.63. The molecular formula is C20H16N2. The fourth-order valence-electron chi connectivity index (χ4n) is 3.03. The van der Waals surface area contributed by atoms with E-state index in [9.17, 15) is 0 Å². The molecule has 0 saturated heterocycles. The van der Waals surface area contributed by atoms with Crippen LogP contribution in [0.1, 0.15) is 11.1 Å². The Morgan fingerprint density at radius 2 is 1.45 bits per heavy atom. The predicted molar refractivity (Wildman–Crippen MR) is 92.0 cm³/mol. The summed E-state index contributed by atoms with van der Waals surface area (Å²) in [5, 5.41) is 2.39. The minimum atomic E-state index is 0.993. The standard InChI is InChI=1S/C20H16N2/c1-13-11-20(22-19-10-6-3-7-15(13)19)17-12-21-18-9-5-4-8-16(18)14(17)2/h3-12H,1-2H3. The Kier molecular flexibility index (Phi) is 2.90. The first-order valence-electron chi connectivity index (χ1n) is 7.45. The second-order valence-electron chi connectivity index (χ2n) is 5.66. The Hall–Kier alpha value is -2.74. The lowest BCUT2D eigenvalue weighted by Crippen LogP contribution is -1.93. The molecule has 0 aliphatic heterocycles. The fourth-order valence-corrected chi connectivity index (χ4v) is 3.03. The zero-order chi connectivity index (χ0) is 15.1. The largest absolute Gasteiger partial charge is 0.256 e. The van der Waals surface area contributed by atoms with Crippen molar-refractivity contribution >= 4 is 21.8 Å². The first-order chi connectivity index (χ1) is 10.7. The molecule has 0 radical (unpaired) electrons. The predicted octanol–water partition coefficient (Wildman–Crippen LogP) is 5.07. The summed E-state index contributed by atoms with van der Waals surface area (Å²) in [6.45, 7) is 4.28. The van der Waals surface area contributed by atoms with Crippen molar-refractivity contribution in [2.75, 3.05) is 0 Å². The van der Waals surface area contributed by atoms with E-state index < -0.39 is 0 Å². The number of aromatic nitrogens is 2. The van der Waals surface area contributed by atoms with Crippen molar-refractivity contribution in [1.82, 2.24) is 9.97 Å². The van der Waals surface area contributed by atoms with Crippen molar-refractivity contribution in [3.05, 3.63) is 71.9 Å². The molecule has 106 valence electrons. The number of benzene rings is 2. The van der Waals surface area contributed by atoms with Gasteiger partial charge >= 0.3 is 0 Å². The molecule has 0 aliphatic rings. The van der Waals surface area contributed by atoms with E-state index in [-0.39, 0.29) is 0 Å². The van der Waals surface area contributed by atoms with Crippen LogP contribution in [0.15, 0.2) is 60.8 Å². The van der Waals surface area contributed by atoms with Gasteiger partial charge in [-0.15, -0.1) is 0 Å². The molecule has 22 heavy (non-hydrogen) atoms. The van der Waals surface area contributed by atoms with Crippen LogP contribution in [0.4, 0.5) is 0 Å². The van der Waals surface area contributed by atoms with Crippen molar-refractivity contribution < 1.29 is 0 Å². The van der Waals surface area contributed by atoms with Crippen molar-refractivity contribution in [1.29, 1.82) is 0 Å². The van der Waals surface area contributed by atoms with Crippen molar-refractivity contribution in [3.8, 4) is 11.3 Å². The Bertz CT molecular complexity index is 1000. The number of pyridine rings is 2. The van der Waals surface area contributed by atoms with E-state index in [0.717, 1.165) is 22.3 Å². The summed E-state index contributed by atoms with van der Waals surface area (Å²) in [7, 11) is 0. The molecule has 2 aromatic carbocycles. The number of hydrogen-bond donors (Lipinski definition) is 0. The quantitative estimate of drug-likeness (QED) is 0.488. The second kappa shape index (κ2) is 4.92. The molecule has 2 heteroatoms. The smallest absolute Gasteiger partial charge is 0.0730 e. The van der Waals surface area contributed by atoms with E-state index in [2.05, 4.69) is 55.2 Å². The number of hydrogen-bond acceptors (Lipinski definition) is 2. The lowest BCUT2D eigenvalue weighted by molar-refractivity contribution is 1.30. The molecule has 0 atom stereocenters. The van der Waals surface area contributed by atoms with Gasteiger partial charge in [-0.1, -0.05) is 36.4 Å². The number of nitrogens with zero attached hydrogens (tertiary/aromatic N) is 2. The molecule has 2 heterocycles. The maximum absolute atomic E-state index is 4.83. The van der Waals surface area contributed by atoms with Crippen LogP contribution in [0.5, 0.6) is 0 Å². The van der Waals surface area contributed by atoms with Crippen LogP contribution in [0.3, 0.4) is 0 Å². The SMILES string of the molecule is Cc1cc(-c2cnc3ccccc3c2C)nc2ccccc12. The van der Waals surface area contributed by atoms with Gasteiger partial charge in [-0.2, -0.15) is 0 Å². The van der Waals surface area contributed by atoms with Gasteiger partial charge in [0.05, 0.1) is 16.7 Å². The lowest BCUT2D eigenvalue weighted by Gasteiger charge is -2.10. The normalized spacial score (nSPS) is 11.2. The van der Waals surface area contributed by atoms with Gasteiger partial charge in [-0.05, 0) is 43.2 Å². The van der Waals surface area contributed by atoms with E-state index in [1.54, 1.807) is 0 Å². The zero-order valence-corrected chi connectivity index (χ0v) is 12.7. The number of fused-ring (bicyclic) bond motifs is 2. The number of rotatable bonds is 1. The molecule has 0 N–H and O–H groups in total. The first kappa shape index (κ1) is 13.0. The molecule has 0 saturated carbocycles. The van der Waals surface area contributed by atoms with Gasteiger partial charge in [-0.25, -0.2) is 4.98 Å². The molecule has 0 bridgehead atoms.